The minimum atomic E-state index is -0.984. The highest BCUT2D eigenvalue weighted by atomic mass is 32.2. The van der Waals surface area contributed by atoms with Gasteiger partial charge in [0.2, 0.25) is 0 Å². The maximum Gasteiger partial charge on any atom is 0.105 e. The summed E-state index contributed by atoms with van der Waals surface area (Å²) in [6.45, 7) is 8.34. The van der Waals surface area contributed by atoms with Crippen LogP contribution in [0.25, 0.3) is 0 Å². The van der Waals surface area contributed by atoms with Gasteiger partial charge in [0.25, 0.3) is 0 Å². The summed E-state index contributed by atoms with van der Waals surface area (Å²) in [6, 6.07) is 0. The highest BCUT2D eigenvalue weighted by Gasteiger charge is 2.23. The molecule has 20 heavy (non-hydrogen) atoms. The Morgan fingerprint density at radius 2 is 2.10 bits per heavy atom. The first-order valence-corrected chi connectivity index (χ1v) is 8.30. The maximum atomic E-state index is 12.6. The molecule has 1 aliphatic carbocycles. The summed E-state index contributed by atoms with van der Waals surface area (Å²) in [5, 5.41) is -0.0143. The van der Waals surface area contributed by atoms with Crippen LogP contribution < -0.4 is 0 Å². The zero-order valence-corrected chi connectivity index (χ0v) is 13.1. The Morgan fingerprint density at radius 3 is 2.80 bits per heavy atom. The molecule has 0 N–H and O–H groups in total. The predicted molar refractivity (Wildman–Crippen MR) is 86.1 cm³/mol. The molecule has 2 unspecified atom stereocenters. The summed E-state index contributed by atoms with van der Waals surface area (Å²) in [5.74, 6) is 0. The van der Waals surface area contributed by atoms with Crippen molar-refractivity contribution in [2.45, 2.75) is 19.1 Å². The molecule has 0 saturated carbocycles. The first kappa shape index (κ1) is 15.2. The summed E-state index contributed by atoms with van der Waals surface area (Å²) in [5.41, 5.74) is 1.20. The molecule has 1 aliphatic heterocycles. The number of allylic oxidation sites excluding steroid dienone is 4. The van der Waals surface area contributed by atoms with Crippen LogP contribution in [0.2, 0.25) is 0 Å². The largest absolute Gasteiger partial charge is 0.360 e. The van der Waals surface area contributed by atoms with Gasteiger partial charge >= 0.3 is 0 Å². The smallest absolute Gasteiger partial charge is 0.105 e. The Hall–Kier alpha value is -1.20. The zero-order valence-electron chi connectivity index (χ0n) is 12.2. The Morgan fingerprint density at radius 1 is 1.35 bits per heavy atom. The predicted octanol–water partition coefficient (Wildman–Crippen LogP) is 1.76. The average molecular weight is 293 g/mol. The van der Waals surface area contributed by atoms with E-state index in [-0.39, 0.29) is 5.25 Å². The summed E-state index contributed by atoms with van der Waals surface area (Å²) >= 11 is 0. The molecule has 4 nitrogen and oxygen atoms in total. The van der Waals surface area contributed by atoms with Crippen LogP contribution in [0.15, 0.2) is 40.9 Å². The SMILES string of the molecule is CCN=CN1CCN(S(=O)C2C=CC=C(C)C=C2)CC1. The van der Waals surface area contributed by atoms with Gasteiger partial charge in [0.05, 0.1) is 11.6 Å². The molecule has 0 radical (unpaired) electrons. The van der Waals surface area contributed by atoms with Gasteiger partial charge in [-0.05, 0) is 13.8 Å². The van der Waals surface area contributed by atoms with Crippen LogP contribution in [0, 0.1) is 0 Å². The summed E-state index contributed by atoms with van der Waals surface area (Å²) in [7, 11) is -0.984. The Bertz CT molecular complexity index is 460. The molecule has 0 amide bonds. The number of rotatable bonds is 4. The van der Waals surface area contributed by atoms with Gasteiger partial charge in [-0.1, -0.05) is 36.0 Å². The molecule has 2 rings (SSSR count). The Balaban J connectivity index is 1.89. The third kappa shape index (κ3) is 4.15. The monoisotopic (exact) mass is 293 g/mol. The molecule has 0 bridgehead atoms. The van der Waals surface area contributed by atoms with Crippen molar-refractivity contribution >= 4 is 17.3 Å². The standard InChI is InChI=1S/C15H23N3OS/c1-3-16-13-17-9-11-18(12-10-17)20(19)15-6-4-5-14(2)7-8-15/h4-8,13,15H,3,9-12H2,1-2H3. The number of hydrogen-bond acceptors (Lipinski definition) is 2. The lowest BCUT2D eigenvalue weighted by Gasteiger charge is -2.33. The molecule has 1 heterocycles. The van der Waals surface area contributed by atoms with Gasteiger partial charge in [-0.2, -0.15) is 0 Å². The number of nitrogens with zero attached hydrogens (tertiary/aromatic N) is 3. The van der Waals surface area contributed by atoms with E-state index >= 15 is 0 Å². The van der Waals surface area contributed by atoms with E-state index in [1.54, 1.807) is 0 Å². The van der Waals surface area contributed by atoms with Gasteiger partial charge in [-0.3, -0.25) is 4.99 Å². The van der Waals surface area contributed by atoms with Crippen LogP contribution in [0.1, 0.15) is 13.8 Å². The highest BCUT2D eigenvalue weighted by molar-refractivity contribution is 7.83. The van der Waals surface area contributed by atoms with Crippen LogP contribution in [0.5, 0.6) is 0 Å². The van der Waals surface area contributed by atoms with Crippen molar-refractivity contribution in [1.29, 1.82) is 0 Å². The molecule has 5 heteroatoms. The second-order valence-corrected chi connectivity index (χ2v) is 6.59. The lowest BCUT2D eigenvalue weighted by atomic mass is 10.3. The van der Waals surface area contributed by atoms with Crippen LogP contribution >= 0.6 is 0 Å². The quantitative estimate of drug-likeness (QED) is 0.585. The Labute approximate surface area is 124 Å². The van der Waals surface area contributed by atoms with E-state index in [1.165, 1.54) is 5.57 Å². The fourth-order valence-electron chi connectivity index (χ4n) is 2.19. The Kier molecular flexibility index (Phi) is 5.73. The van der Waals surface area contributed by atoms with Gasteiger partial charge in [0.1, 0.15) is 11.0 Å². The molecule has 0 aromatic rings. The van der Waals surface area contributed by atoms with Crippen LogP contribution in [-0.4, -0.2) is 57.7 Å². The van der Waals surface area contributed by atoms with E-state index in [0.29, 0.717) is 0 Å². The van der Waals surface area contributed by atoms with Gasteiger partial charge in [0.15, 0.2) is 0 Å². The van der Waals surface area contributed by atoms with E-state index in [2.05, 4.69) is 21.1 Å². The normalized spacial score (nSPS) is 25.8. The van der Waals surface area contributed by atoms with Gasteiger partial charge in [-0.25, -0.2) is 8.51 Å². The molecular formula is C15H23N3OS. The van der Waals surface area contributed by atoms with Gasteiger partial charge in [-0.15, -0.1) is 0 Å². The first-order valence-electron chi connectivity index (χ1n) is 7.13. The first-order chi connectivity index (χ1) is 9.70. The molecule has 0 spiro atoms. The van der Waals surface area contributed by atoms with Crippen molar-refractivity contribution in [1.82, 2.24) is 9.21 Å². The van der Waals surface area contributed by atoms with Crippen molar-refractivity contribution in [3.8, 4) is 0 Å². The molecular weight excluding hydrogens is 270 g/mol. The summed E-state index contributed by atoms with van der Waals surface area (Å²) < 4.78 is 14.7. The molecule has 0 aromatic heterocycles. The maximum absolute atomic E-state index is 12.6. The second kappa shape index (κ2) is 7.55. The van der Waals surface area contributed by atoms with Crippen molar-refractivity contribution in [2.75, 3.05) is 32.7 Å². The minimum absolute atomic E-state index is 0.0143. The minimum Gasteiger partial charge on any atom is -0.360 e. The van der Waals surface area contributed by atoms with Crippen molar-refractivity contribution < 1.29 is 4.21 Å². The van der Waals surface area contributed by atoms with Gasteiger partial charge < -0.3 is 4.90 Å². The zero-order chi connectivity index (χ0) is 14.4. The number of hydrogen-bond donors (Lipinski definition) is 0. The van der Waals surface area contributed by atoms with Gasteiger partial charge in [0, 0.05) is 32.7 Å². The highest BCUT2D eigenvalue weighted by Crippen LogP contribution is 2.14. The molecule has 2 atom stereocenters. The molecule has 110 valence electrons. The van der Waals surface area contributed by atoms with E-state index in [1.807, 2.05) is 43.6 Å². The van der Waals surface area contributed by atoms with Crippen molar-refractivity contribution in [3.05, 3.63) is 36.0 Å². The van der Waals surface area contributed by atoms with E-state index in [9.17, 15) is 4.21 Å². The summed E-state index contributed by atoms with van der Waals surface area (Å²) in [4.78, 5) is 6.45. The molecule has 1 saturated heterocycles. The average Bonchev–Trinajstić information content (AvgIpc) is 2.70. The molecule has 0 aromatic carbocycles. The topological polar surface area (TPSA) is 35.9 Å². The van der Waals surface area contributed by atoms with Crippen molar-refractivity contribution in [3.63, 3.8) is 0 Å². The lowest BCUT2D eigenvalue weighted by Crippen LogP contribution is -2.47. The lowest BCUT2D eigenvalue weighted by molar-refractivity contribution is 0.280. The molecule has 1 fully saturated rings. The van der Waals surface area contributed by atoms with Crippen LogP contribution in [0.4, 0.5) is 0 Å². The van der Waals surface area contributed by atoms with E-state index in [0.717, 1.165) is 32.7 Å². The van der Waals surface area contributed by atoms with E-state index < -0.39 is 11.0 Å². The number of aliphatic imine (C=N–C) groups is 1. The number of piperazine rings is 1. The summed E-state index contributed by atoms with van der Waals surface area (Å²) in [6.07, 6.45) is 12.1. The third-order valence-corrected chi connectivity index (χ3v) is 5.05. The second-order valence-electron chi connectivity index (χ2n) is 4.97. The fourth-order valence-corrected chi connectivity index (χ4v) is 3.49. The van der Waals surface area contributed by atoms with E-state index in [4.69, 9.17) is 0 Å². The van der Waals surface area contributed by atoms with Crippen molar-refractivity contribution in [2.24, 2.45) is 4.99 Å². The third-order valence-electron chi connectivity index (χ3n) is 3.40. The van der Waals surface area contributed by atoms with Crippen LogP contribution in [-0.2, 0) is 11.0 Å². The fraction of sp³-hybridized carbons (Fsp3) is 0.533. The molecule has 2 aliphatic rings. The van der Waals surface area contributed by atoms with Crippen LogP contribution in [0.3, 0.4) is 0 Å².